The van der Waals surface area contributed by atoms with Gasteiger partial charge in [0.15, 0.2) is 12.6 Å². The van der Waals surface area contributed by atoms with Crippen molar-refractivity contribution < 1.29 is 94.2 Å². The van der Waals surface area contributed by atoms with Crippen LogP contribution in [-0.4, -0.2) is 141 Å². The Hall–Kier alpha value is -1.07. The summed E-state index contributed by atoms with van der Waals surface area (Å²) >= 11 is 0. The number of hydrogen-bond acceptors (Lipinski definition) is 11. The Morgan fingerprint density at radius 2 is 1.12 bits per heavy atom. The monoisotopic (exact) mass is 630 g/mol. The van der Waals surface area contributed by atoms with Gasteiger partial charge in [0.1, 0.15) is 48.8 Å². The van der Waals surface area contributed by atoms with Gasteiger partial charge in [-0.3, -0.25) is 0 Å². The standard InChI is InChI=1S/C21H31F9O11/c22-18(23,19(24,25)20(26,27)21(28,29)30)4-2-1-3-5-38-16-14(37)12(35)15(9(7-32)40-16)41-17-13(36)11(34)10(33)8(6-31)39-17/h8-17,31-37H,1-7H2/t8-,9-,10-,11+,12-,13-,14-,15-,16-,17-/m1/s1. The molecule has 7 N–H and O–H groups in total. The van der Waals surface area contributed by atoms with Gasteiger partial charge >= 0.3 is 23.9 Å². The lowest BCUT2D eigenvalue weighted by atomic mass is 9.97. The van der Waals surface area contributed by atoms with Gasteiger partial charge in [-0.25, -0.2) is 0 Å². The van der Waals surface area contributed by atoms with Gasteiger partial charge in [-0.05, 0) is 12.8 Å². The maximum Gasteiger partial charge on any atom is 0.460 e. The Morgan fingerprint density at radius 1 is 0.585 bits per heavy atom. The van der Waals surface area contributed by atoms with Crippen molar-refractivity contribution >= 4 is 0 Å². The van der Waals surface area contributed by atoms with E-state index >= 15 is 0 Å². The topological polar surface area (TPSA) is 179 Å². The summed E-state index contributed by atoms with van der Waals surface area (Å²) in [5.74, 6) is -19.4. The zero-order valence-electron chi connectivity index (χ0n) is 20.9. The lowest BCUT2D eigenvalue weighted by molar-refractivity contribution is -0.396. The van der Waals surface area contributed by atoms with E-state index in [1.165, 1.54) is 0 Å². The van der Waals surface area contributed by atoms with E-state index in [0.29, 0.717) is 0 Å². The van der Waals surface area contributed by atoms with E-state index in [4.69, 9.17) is 18.9 Å². The molecule has 20 heteroatoms. The second kappa shape index (κ2) is 13.7. The third kappa shape index (κ3) is 7.54. The smallest absolute Gasteiger partial charge is 0.394 e. The van der Waals surface area contributed by atoms with Crippen LogP contribution < -0.4 is 0 Å². The first-order chi connectivity index (χ1) is 18.7. The molecule has 2 heterocycles. The minimum atomic E-state index is -6.98. The predicted octanol–water partition coefficient (Wildman–Crippen LogP) is -0.344. The van der Waals surface area contributed by atoms with Gasteiger partial charge in [-0.2, -0.15) is 39.5 Å². The summed E-state index contributed by atoms with van der Waals surface area (Å²) < 4.78 is 137. The summed E-state index contributed by atoms with van der Waals surface area (Å²) in [6, 6.07) is 0. The van der Waals surface area contributed by atoms with E-state index in [1.807, 2.05) is 0 Å². The Bertz CT molecular complexity index is 818. The van der Waals surface area contributed by atoms with Crippen LogP contribution in [0.5, 0.6) is 0 Å². The molecule has 0 amide bonds. The van der Waals surface area contributed by atoms with Gasteiger partial charge in [-0.1, -0.05) is 6.42 Å². The molecular formula is C21H31F9O11. The first-order valence-electron chi connectivity index (χ1n) is 12.1. The largest absolute Gasteiger partial charge is 0.460 e. The molecule has 41 heavy (non-hydrogen) atoms. The average Bonchev–Trinajstić information content (AvgIpc) is 2.88. The molecule has 2 rings (SSSR count). The van der Waals surface area contributed by atoms with Crippen molar-refractivity contribution in [3.8, 4) is 0 Å². The molecule has 244 valence electrons. The van der Waals surface area contributed by atoms with Gasteiger partial charge in [0.25, 0.3) is 0 Å². The fraction of sp³-hybridized carbons (Fsp3) is 1.00. The van der Waals surface area contributed by atoms with Crippen LogP contribution in [0.4, 0.5) is 39.5 Å². The summed E-state index contributed by atoms with van der Waals surface area (Å²) in [6.45, 7) is -2.18. The number of unbranched alkanes of at least 4 members (excludes halogenated alkanes) is 2. The van der Waals surface area contributed by atoms with Crippen molar-refractivity contribution in [2.24, 2.45) is 0 Å². The maximum atomic E-state index is 13.6. The van der Waals surface area contributed by atoms with Crippen molar-refractivity contribution in [1.82, 2.24) is 0 Å². The Morgan fingerprint density at radius 3 is 1.66 bits per heavy atom. The fourth-order valence-corrected chi connectivity index (χ4v) is 4.08. The fourth-order valence-electron chi connectivity index (χ4n) is 4.08. The number of rotatable bonds is 13. The van der Waals surface area contributed by atoms with E-state index in [9.17, 15) is 75.3 Å². The van der Waals surface area contributed by atoms with Crippen LogP contribution in [0.25, 0.3) is 0 Å². The number of ether oxygens (including phenoxy) is 4. The third-order valence-corrected chi connectivity index (χ3v) is 6.59. The van der Waals surface area contributed by atoms with Gasteiger partial charge in [0.2, 0.25) is 0 Å². The van der Waals surface area contributed by atoms with Crippen LogP contribution in [0.2, 0.25) is 0 Å². The Kier molecular flexibility index (Phi) is 12.1. The Balaban J connectivity index is 1.88. The van der Waals surface area contributed by atoms with E-state index in [1.54, 1.807) is 0 Å². The van der Waals surface area contributed by atoms with Crippen molar-refractivity contribution in [2.75, 3.05) is 19.8 Å². The minimum Gasteiger partial charge on any atom is -0.394 e. The molecule has 0 bridgehead atoms. The molecule has 0 aromatic heterocycles. The normalized spacial score (nSPS) is 36.0. The first kappa shape index (κ1) is 36.1. The maximum absolute atomic E-state index is 13.6. The van der Waals surface area contributed by atoms with Crippen molar-refractivity contribution in [3.05, 3.63) is 0 Å². The molecule has 0 unspecified atom stereocenters. The van der Waals surface area contributed by atoms with Crippen molar-refractivity contribution in [2.45, 2.75) is 111 Å². The Labute approximate surface area is 226 Å². The second-order valence-corrected chi connectivity index (χ2v) is 9.54. The number of aliphatic hydroxyl groups is 7. The van der Waals surface area contributed by atoms with Gasteiger partial charge in [0, 0.05) is 13.0 Å². The van der Waals surface area contributed by atoms with Gasteiger partial charge in [-0.15, -0.1) is 0 Å². The number of halogens is 9. The number of hydrogen-bond donors (Lipinski definition) is 7. The SMILES string of the molecule is OC[C@H]1O[C@H](O[C@H]2[C@H](O)[C@@H](O)[C@H](OCCCCCC(F)(F)C(F)(F)C(F)(F)C(F)(F)F)O[C@@H]2CO)[C@H](O)[C@@H](O)[C@@H]1O. The van der Waals surface area contributed by atoms with E-state index in [-0.39, 0.29) is 6.42 Å². The van der Waals surface area contributed by atoms with E-state index in [2.05, 4.69) is 0 Å². The van der Waals surface area contributed by atoms with Gasteiger partial charge < -0.3 is 54.7 Å². The molecule has 2 saturated heterocycles. The molecule has 2 aliphatic heterocycles. The van der Waals surface area contributed by atoms with Crippen LogP contribution in [0.3, 0.4) is 0 Å². The van der Waals surface area contributed by atoms with Gasteiger partial charge in [0.05, 0.1) is 13.2 Å². The molecule has 0 saturated carbocycles. The summed E-state index contributed by atoms with van der Waals surface area (Å²) in [7, 11) is 0. The zero-order valence-corrected chi connectivity index (χ0v) is 20.9. The minimum absolute atomic E-state index is 0.269. The molecule has 0 radical (unpaired) electrons. The van der Waals surface area contributed by atoms with Crippen LogP contribution in [-0.2, 0) is 18.9 Å². The average molecular weight is 630 g/mol. The molecule has 0 spiro atoms. The molecule has 0 aliphatic carbocycles. The van der Waals surface area contributed by atoms with Crippen molar-refractivity contribution in [1.29, 1.82) is 0 Å². The second-order valence-electron chi connectivity index (χ2n) is 9.54. The number of alkyl halides is 9. The third-order valence-electron chi connectivity index (χ3n) is 6.59. The lowest BCUT2D eigenvalue weighted by Crippen LogP contribution is -2.64. The molecule has 0 aromatic carbocycles. The molecule has 0 aromatic rings. The van der Waals surface area contributed by atoms with Crippen LogP contribution in [0, 0.1) is 0 Å². The quantitative estimate of drug-likeness (QED) is 0.105. The summed E-state index contributed by atoms with van der Waals surface area (Å²) in [5.41, 5.74) is 0. The molecule has 10 atom stereocenters. The van der Waals surface area contributed by atoms with E-state index < -0.39 is 124 Å². The zero-order chi connectivity index (χ0) is 31.6. The molecule has 2 aliphatic rings. The molecule has 11 nitrogen and oxygen atoms in total. The summed E-state index contributed by atoms with van der Waals surface area (Å²) in [6.07, 6.45) is -27.9. The van der Waals surface area contributed by atoms with Crippen LogP contribution in [0.15, 0.2) is 0 Å². The summed E-state index contributed by atoms with van der Waals surface area (Å²) in [4.78, 5) is 0. The van der Waals surface area contributed by atoms with Crippen molar-refractivity contribution in [3.63, 3.8) is 0 Å². The molecular weight excluding hydrogens is 599 g/mol. The number of aliphatic hydroxyl groups excluding tert-OH is 7. The highest BCUT2D eigenvalue weighted by molar-refractivity contribution is 5.00. The first-order valence-corrected chi connectivity index (χ1v) is 12.1. The predicted molar refractivity (Wildman–Crippen MR) is 112 cm³/mol. The highest BCUT2D eigenvalue weighted by Gasteiger charge is 2.81. The summed E-state index contributed by atoms with van der Waals surface area (Å²) in [5, 5.41) is 69.4. The van der Waals surface area contributed by atoms with Crippen LogP contribution in [0.1, 0.15) is 25.7 Å². The highest BCUT2D eigenvalue weighted by atomic mass is 19.4. The van der Waals surface area contributed by atoms with Crippen LogP contribution >= 0.6 is 0 Å². The molecule has 2 fully saturated rings. The lowest BCUT2D eigenvalue weighted by Gasteiger charge is -2.45. The van der Waals surface area contributed by atoms with E-state index in [0.717, 1.165) is 0 Å². The highest BCUT2D eigenvalue weighted by Crippen LogP contribution is 2.54.